The average Bonchev–Trinajstić information content (AvgIpc) is 2.27. The second-order valence-electron chi connectivity index (χ2n) is 4.82. The molecule has 0 radical (unpaired) electrons. The summed E-state index contributed by atoms with van der Waals surface area (Å²) in [6.07, 6.45) is 2.55. The number of nitrogens with two attached hydrogens (primary N) is 1. The molecule has 1 aromatic heterocycles. The summed E-state index contributed by atoms with van der Waals surface area (Å²) in [7, 11) is 0. The smallest absolute Gasteiger partial charge is 0.143 e. The Morgan fingerprint density at radius 2 is 2.22 bits per heavy atom. The van der Waals surface area contributed by atoms with Crippen LogP contribution in [0.1, 0.15) is 25.8 Å². The summed E-state index contributed by atoms with van der Waals surface area (Å²) in [6, 6.07) is 1.99. The molecule has 1 aromatic rings. The van der Waals surface area contributed by atoms with Crippen LogP contribution < -0.4 is 10.6 Å². The van der Waals surface area contributed by atoms with E-state index in [-0.39, 0.29) is 0 Å². The summed E-state index contributed by atoms with van der Waals surface area (Å²) in [5, 5.41) is 0. The zero-order valence-corrected chi connectivity index (χ0v) is 13.5. The fourth-order valence-electron chi connectivity index (χ4n) is 1.72. The van der Waals surface area contributed by atoms with Crippen molar-refractivity contribution < 1.29 is 0 Å². The lowest BCUT2D eigenvalue weighted by atomic mass is 10.2. The Balaban J connectivity index is 2.93. The van der Waals surface area contributed by atoms with Gasteiger partial charge in [0.2, 0.25) is 0 Å². The molecule has 0 saturated carbocycles. The fraction of sp³-hybridized carbons (Fsp3) is 0.538. The number of anilines is 1. The van der Waals surface area contributed by atoms with Crippen molar-refractivity contribution in [3.63, 3.8) is 0 Å². The molecule has 0 spiro atoms. The van der Waals surface area contributed by atoms with Crippen LogP contribution in [0.15, 0.2) is 16.7 Å². The van der Waals surface area contributed by atoms with Crippen LogP contribution in [0, 0.1) is 12.8 Å². The van der Waals surface area contributed by atoms with Gasteiger partial charge in [-0.3, -0.25) is 0 Å². The number of halogens is 1. The Bertz CT molecular complexity index is 421. The van der Waals surface area contributed by atoms with Gasteiger partial charge in [0.1, 0.15) is 5.82 Å². The van der Waals surface area contributed by atoms with Crippen LogP contribution in [0.2, 0.25) is 0 Å². The van der Waals surface area contributed by atoms with E-state index in [0.717, 1.165) is 23.4 Å². The van der Waals surface area contributed by atoms with Crippen LogP contribution in [0.5, 0.6) is 0 Å². The standard InChI is InChI=1S/C13H20BrN3S/c1-9(2)8-17(7-5-11(15)18)13-12(14)10(3)4-6-16-13/h4,6,9H,5,7-8H2,1-3H3,(H2,15,18). The molecule has 2 N–H and O–H groups in total. The third-order valence-electron chi connectivity index (χ3n) is 2.58. The molecule has 100 valence electrons. The van der Waals surface area contributed by atoms with Crippen LogP contribution >= 0.6 is 28.1 Å². The summed E-state index contributed by atoms with van der Waals surface area (Å²) in [5.74, 6) is 1.53. The van der Waals surface area contributed by atoms with Crippen molar-refractivity contribution >= 4 is 39.0 Å². The second-order valence-corrected chi connectivity index (χ2v) is 6.14. The van der Waals surface area contributed by atoms with E-state index < -0.39 is 0 Å². The lowest BCUT2D eigenvalue weighted by Gasteiger charge is -2.26. The topological polar surface area (TPSA) is 42.2 Å². The van der Waals surface area contributed by atoms with Gasteiger partial charge in [0.05, 0.1) is 9.46 Å². The first-order valence-corrected chi connectivity index (χ1v) is 7.26. The van der Waals surface area contributed by atoms with E-state index in [0.29, 0.717) is 17.3 Å². The molecule has 5 heteroatoms. The largest absolute Gasteiger partial charge is 0.393 e. The lowest BCUT2D eigenvalue weighted by Crippen LogP contribution is -2.32. The molecule has 1 rings (SSSR count). The fourth-order valence-corrected chi connectivity index (χ4v) is 2.29. The van der Waals surface area contributed by atoms with Crippen molar-refractivity contribution in [2.45, 2.75) is 27.2 Å². The summed E-state index contributed by atoms with van der Waals surface area (Å²) >= 11 is 8.56. The zero-order valence-electron chi connectivity index (χ0n) is 11.1. The van der Waals surface area contributed by atoms with E-state index in [1.165, 1.54) is 5.56 Å². The number of rotatable bonds is 6. The van der Waals surface area contributed by atoms with Crippen molar-refractivity contribution in [3.05, 3.63) is 22.3 Å². The first-order chi connectivity index (χ1) is 8.41. The van der Waals surface area contributed by atoms with Crippen LogP contribution in [0.3, 0.4) is 0 Å². The molecule has 18 heavy (non-hydrogen) atoms. The third-order valence-corrected chi connectivity index (χ3v) is 3.76. The Morgan fingerprint density at radius 1 is 1.56 bits per heavy atom. The van der Waals surface area contributed by atoms with Gasteiger partial charge >= 0.3 is 0 Å². The first-order valence-electron chi connectivity index (χ1n) is 6.06. The van der Waals surface area contributed by atoms with Gasteiger partial charge in [0.15, 0.2) is 0 Å². The minimum atomic E-state index is 0.549. The Morgan fingerprint density at radius 3 is 2.78 bits per heavy atom. The predicted molar refractivity (Wildman–Crippen MR) is 85.1 cm³/mol. The Hall–Kier alpha value is -0.680. The van der Waals surface area contributed by atoms with E-state index in [2.05, 4.69) is 46.6 Å². The zero-order chi connectivity index (χ0) is 13.7. The van der Waals surface area contributed by atoms with Crippen LogP contribution in [-0.2, 0) is 0 Å². The maximum absolute atomic E-state index is 5.59. The summed E-state index contributed by atoms with van der Waals surface area (Å²) in [5.41, 5.74) is 6.77. The van der Waals surface area contributed by atoms with Gasteiger partial charge in [0.25, 0.3) is 0 Å². The average molecular weight is 330 g/mol. The van der Waals surface area contributed by atoms with Crippen LogP contribution in [0.25, 0.3) is 0 Å². The number of aryl methyl sites for hydroxylation is 1. The molecule has 0 atom stereocenters. The molecule has 0 amide bonds. The normalized spacial score (nSPS) is 10.7. The molecule has 1 heterocycles. The summed E-state index contributed by atoms with van der Waals surface area (Å²) in [4.78, 5) is 7.25. The van der Waals surface area contributed by atoms with E-state index in [4.69, 9.17) is 18.0 Å². The number of thiocarbonyl (C=S) groups is 1. The van der Waals surface area contributed by atoms with Crippen molar-refractivity contribution in [1.29, 1.82) is 0 Å². The maximum atomic E-state index is 5.59. The predicted octanol–water partition coefficient (Wildman–Crippen LogP) is 3.29. The van der Waals surface area contributed by atoms with Gasteiger partial charge in [-0.15, -0.1) is 0 Å². The Labute approximate surface area is 123 Å². The highest BCUT2D eigenvalue weighted by atomic mass is 79.9. The summed E-state index contributed by atoms with van der Waals surface area (Å²) < 4.78 is 1.05. The van der Waals surface area contributed by atoms with Crippen LogP contribution in [0.4, 0.5) is 5.82 Å². The number of aromatic nitrogens is 1. The molecular formula is C13H20BrN3S. The van der Waals surface area contributed by atoms with Gasteiger partial charge in [-0.25, -0.2) is 4.98 Å². The van der Waals surface area contributed by atoms with Crippen molar-refractivity contribution in [3.8, 4) is 0 Å². The van der Waals surface area contributed by atoms with Crippen molar-refractivity contribution in [1.82, 2.24) is 4.98 Å². The molecule has 0 unspecified atom stereocenters. The van der Waals surface area contributed by atoms with E-state index >= 15 is 0 Å². The third kappa shape index (κ3) is 4.53. The molecule has 0 aromatic carbocycles. The molecule has 0 fully saturated rings. The SMILES string of the molecule is Cc1ccnc(N(CCC(N)=S)CC(C)C)c1Br. The highest BCUT2D eigenvalue weighted by molar-refractivity contribution is 9.10. The van der Waals surface area contributed by atoms with Crippen LogP contribution in [-0.4, -0.2) is 23.1 Å². The van der Waals surface area contributed by atoms with Crippen molar-refractivity contribution in [2.75, 3.05) is 18.0 Å². The van der Waals surface area contributed by atoms with E-state index in [1.807, 2.05) is 12.3 Å². The van der Waals surface area contributed by atoms with Gasteiger partial charge in [0, 0.05) is 25.7 Å². The maximum Gasteiger partial charge on any atom is 0.143 e. The van der Waals surface area contributed by atoms with Gasteiger partial charge < -0.3 is 10.6 Å². The highest BCUT2D eigenvalue weighted by Crippen LogP contribution is 2.27. The molecule has 0 saturated heterocycles. The van der Waals surface area contributed by atoms with Gasteiger partial charge in [-0.2, -0.15) is 0 Å². The minimum absolute atomic E-state index is 0.549. The number of hydrogen-bond donors (Lipinski definition) is 1. The lowest BCUT2D eigenvalue weighted by molar-refractivity contribution is 0.608. The van der Waals surface area contributed by atoms with E-state index in [1.54, 1.807) is 0 Å². The van der Waals surface area contributed by atoms with Gasteiger partial charge in [-0.1, -0.05) is 26.1 Å². The number of nitrogens with zero attached hydrogens (tertiary/aromatic N) is 2. The molecule has 0 aliphatic heterocycles. The highest BCUT2D eigenvalue weighted by Gasteiger charge is 2.14. The second kappa shape index (κ2) is 7.04. The first kappa shape index (κ1) is 15.4. The minimum Gasteiger partial charge on any atom is -0.393 e. The Kier molecular flexibility index (Phi) is 6.02. The summed E-state index contributed by atoms with van der Waals surface area (Å²) in [6.45, 7) is 8.20. The monoisotopic (exact) mass is 329 g/mol. The molecule has 0 aliphatic carbocycles. The quantitative estimate of drug-likeness (QED) is 0.813. The molecular weight excluding hydrogens is 310 g/mol. The molecule has 0 aliphatic rings. The number of pyridine rings is 1. The van der Waals surface area contributed by atoms with Gasteiger partial charge in [-0.05, 0) is 40.4 Å². The van der Waals surface area contributed by atoms with Crippen molar-refractivity contribution in [2.24, 2.45) is 11.7 Å². The molecule has 3 nitrogen and oxygen atoms in total. The molecule has 0 bridgehead atoms. The number of hydrogen-bond acceptors (Lipinski definition) is 3. The van der Waals surface area contributed by atoms with E-state index in [9.17, 15) is 0 Å².